The largest absolute Gasteiger partial charge is 0.306 e. The van der Waals surface area contributed by atoms with Crippen molar-refractivity contribution < 1.29 is 0 Å². The summed E-state index contributed by atoms with van der Waals surface area (Å²) < 4.78 is 0. The minimum Gasteiger partial charge on any atom is -0.306 e. The molecule has 1 aromatic rings. The molecule has 0 bridgehead atoms. The van der Waals surface area contributed by atoms with E-state index >= 15 is 0 Å². The Hall–Kier alpha value is 0.0500. The first-order valence-electron chi connectivity index (χ1n) is 5.91. The highest BCUT2D eigenvalue weighted by atomic mass is 35.5. The average molecular weight is 293 g/mol. The normalized spacial score (nSPS) is 18.5. The Balaban J connectivity index is 2.04. The SMILES string of the molecule is ClCC1(NCc2cccc(Cl)c2Cl)CCCC1. The van der Waals surface area contributed by atoms with Gasteiger partial charge < -0.3 is 5.32 Å². The first-order valence-corrected chi connectivity index (χ1v) is 7.20. The second kappa shape index (κ2) is 5.79. The van der Waals surface area contributed by atoms with Gasteiger partial charge in [-0.1, -0.05) is 48.2 Å². The van der Waals surface area contributed by atoms with Crippen LogP contribution in [0.5, 0.6) is 0 Å². The number of rotatable bonds is 4. The molecule has 0 aromatic heterocycles. The summed E-state index contributed by atoms with van der Waals surface area (Å²) in [6.45, 7) is 0.728. The van der Waals surface area contributed by atoms with Crippen LogP contribution in [0.15, 0.2) is 18.2 Å². The molecule has 0 amide bonds. The van der Waals surface area contributed by atoms with Gasteiger partial charge in [-0.25, -0.2) is 0 Å². The van der Waals surface area contributed by atoms with Crippen molar-refractivity contribution in [1.82, 2.24) is 5.32 Å². The van der Waals surface area contributed by atoms with Gasteiger partial charge in [0.25, 0.3) is 0 Å². The van der Waals surface area contributed by atoms with Crippen molar-refractivity contribution in [3.05, 3.63) is 33.8 Å². The molecule has 1 N–H and O–H groups in total. The molecule has 0 unspecified atom stereocenters. The topological polar surface area (TPSA) is 12.0 Å². The van der Waals surface area contributed by atoms with Gasteiger partial charge in [-0.2, -0.15) is 0 Å². The molecule has 94 valence electrons. The minimum absolute atomic E-state index is 0.0905. The van der Waals surface area contributed by atoms with E-state index in [-0.39, 0.29) is 5.54 Å². The van der Waals surface area contributed by atoms with E-state index in [1.807, 2.05) is 12.1 Å². The molecule has 0 radical (unpaired) electrons. The van der Waals surface area contributed by atoms with Crippen molar-refractivity contribution in [3.8, 4) is 0 Å². The van der Waals surface area contributed by atoms with Crippen LogP contribution < -0.4 is 5.32 Å². The van der Waals surface area contributed by atoms with E-state index in [0.717, 1.165) is 24.9 Å². The first kappa shape index (κ1) is 13.5. The van der Waals surface area contributed by atoms with Gasteiger partial charge in [-0.15, -0.1) is 11.6 Å². The number of nitrogens with one attached hydrogen (secondary N) is 1. The van der Waals surface area contributed by atoms with E-state index in [0.29, 0.717) is 15.9 Å². The molecular formula is C13H16Cl3N. The van der Waals surface area contributed by atoms with E-state index < -0.39 is 0 Å². The smallest absolute Gasteiger partial charge is 0.0637 e. The number of hydrogen-bond acceptors (Lipinski definition) is 1. The van der Waals surface area contributed by atoms with Crippen molar-refractivity contribution in [1.29, 1.82) is 0 Å². The van der Waals surface area contributed by atoms with Gasteiger partial charge in [-0.3, -0.25) is 0 Å². The van der Waals surface area contributed by atoms with Crippen LogP contribution in [0.1, 0.15) is 31.2 Å². The molecule has 1 aliphatic carbocycles. The Bertz CT molecular complexity index is 386. The maximum absolute atomic E-state index is 6.16. The summed E-state index contributed by atoms with van der Waals surface area (Å²) in [5.41, 5.74) is 1.13. The van der Waals surface area contributed by atoms with E-state index in [4.69, 9.17) is 34.8 Å². The number of benzene rings is 1. The summed E-state index contributed by atoms with van der Waals surface area (Å²) in [5, 5.41) is 4.81. The fourth-order valence-corrected chi connectivity index (χ4v) is 3.13. The highest BCUT2D eigenvalue weighted by Gasteiger charge is 2.32. The van der Waals surface area contributed by atoms with Gasteiger partial charge in [0.1, 0.15) is 0 Å². The second-order valence-corrected chi connectivity index (χ2v) is 5.74. The van der Waals surface area contributed by atoms with E-state index in [1.54, 1.807) is 6.07 Å². The van der Waals surface area contributed by atoms with Gasteiger partial charge in [0, 0.05) is 18.0 Å². The molecule has 1 fully saturated rings. The van der Waals surface area contributed by atoms with Gasteiger partial charge >= 0.3 is 0 Å². The van der Waals surface area contributed by atoms with Crippen molar-refractivity contribution in [3.63, 3.8) is 0 Å². The van der Waals surface area contributed by atoms with Gasteiger partial charge in [-0.05, 0) is 24.5 Å². The molecule has 0 atom stereocenters. The third-order valence-electron chi connectivity index (χ3n) is 3.50. The molecule has 0 aliphatic heterocycles. The molecule has 0 saturated heterocycles. The summed E-state index contributed by atoms with van der Waals surface area (Å²) in [4.78, 5) is 0. The second-order valence-electron chi connectivity index (χ2n) is 4.69. The highest BCUT2D eigenvalue weighted by molar-refractivity contribution is 6.42. The zero-order valence-corrected chi connectivity index (χ0v) is 11.9. The third kappa shape index (κ3) is 3.08. The molecule has 1 aliphatic rings. The maximum Gasteiger partial charge on any atom is 0.0637 e. The van der Waals surface area contributed by atoms with Crippen LogP contribution in [0, 0.1) is 0 Å². The van der Waals surface area contributed by atoms with E-state index in [9.17, 15) is 0 Å². The molecule has 1 aromatic carbocycles. The lowest BCUT2D eigenvalue weighted by Crippen LogP contribution is -2.43. The molecule has 0 spiro atoms. The standard InChI is InChI=1S/C13H16Cl3N/c14-9-13(6-1-2-7-13)17-8-10-4-3-5-11(15)12(10)16/h3-5,17H,1-2,6-9H2. The molecule has 1 saturated carbocycles. The average Bonchev–Trinajstić information content (AvgIpc) is 2.81. The Labute approximate surface area is 117 Å². The summed E-state index contributed by atoms with van der Waals surface area (Å²) in [7, 11) is 0. The lowest BCUT2D eigenvalue weighted by atomic mass is 10.00. The summed E-state index contributed by atoms with van der Waals surface area (Å²) in [6.07, 6.45) is 4.80. The van der Waals surface area contributed by atoms with Gasteiger partial charge in [0.15, 0.2) is 0 Å². The van der Waals surface area contributed by atoms with Crippen LogP contribution in [0.3, 0.4) is 0 Å². The van der Waals surface area contributed by atoms with Crippen molar-refractivity contribution in [2.24, 2.45) is 0 Å². The molecule has 17 heavy (non-hydrogen) atoms. The zero-order valence-electron chi connectivity index (χ0n) is 9.61. The highest BCUT2D eigenvalue weighted by Crippen LogP contribution is 2.32. The van der Waals surface area contributed by atoms with Gasteiger partial charge in [0.05, 0.1) is 10.0 Å². The van der Waals surface area contributed by atoms with Gasteiger partial charge in [0.2, 0.25) is 0 Å². The van der Waals surface area contributed by atoms with Crippen LogP contribution in [0.4, 0.5) is 0 Å². The molecular weight excluding hydrogens is 277 g/mol. The van der Waals surface area contributed by atoms with Crippen molar-refractivity contribution >= 4 is 34.8 Å². The lowest BCUT2D eigenvalue weighted by Gasteiger charge is -2.28. The summed E-state index contributed by atoms with van der Waals surface area (Å²) in [5.74, 6) is 0.658. The van der Waals surface area contributed by atoms with Crippen LogP contribution in [-0.4, -0.2) is 11.4 Å². The number of alkyl halides is 1. The maximum atomic E-state index is 6.16. The quantitative estimate of drug-likeness (QED) is 0.798. The predicted octanol–water partition coefficient (Wildman–Crippen LogP) is 4.63. The van der Waals surface area contributed by atoms with Crippen LogP contribution in [-0.2, 0) is 6.54 Å². The van der Waals surface area contributed by atoms with Crippen molar-refractivity contribution in [2.45, 2.75) is 37.8 Å². The Morgan fingerprint density at radius 3 is 2.53 bits per heavy atom. The number of hydrogen-bond donors (Lipinski definition) is 1. The minimum atomic E-state index is 0.0905. The first-order chi connectivity index (χ1) is 8.17. The van der Waals surface area contributed by atoms with E-state index in [1.165, 1.54) is 12.8 Å². The fraction of sp³-hybridized carbons (Fsp3) is 0.538. The Morgan fingerprint density at radius 2 is 1.88 bits per heavy atom. The van der Waals surface area contributed by atoms with Crippen molar-refractivity contribution in [2.75, 3.05) is 5.88 Å². The van der Waals surface area contributed by atoms with Crippen LogP contribution >= 0.6 is 34.8 Å². The fourth-order valence-electron chi connectivity index (χ4n) is 2.38. The third-order valence-corrected chi connectivity index (χ3v) is 4.87. The molecule has 2 rings (SSSR count). The lowest BCUT2D eigenvalue weighted by molar-refractivity contribution is 0.368. The summed E-state index contributed by atoms with van der Waals surface area (Å²) in [6, 6.07) is 5.73. The van der Waals surface area contributed by atoms with Crippen LogP contribution in [0.2, 0.25) is 10.0 Å². The Kier molecular flexibility index (Phi) is 4.59. The number of halogens is 3. The molecule has 4 heteroatoms. The monoisotopic (exact) mass is 291 g/mol. The predicted molar refractivity (Wildman–Crippen MR) is 75.2 cm³/mol. The molecule has 0 heterocycles. The van der Waals surface area contributed by atoms with E-state index in [2.05, 4.69) is 5.32 Å². The summed E-state index contributed by atoms with van der Waals surface area (Å²) >= 11 is 18.2. The molecule has 1 nitrogen and oxygen atoms in total. The zero-order chi connectivity index (χ0) is 12.3. The Morgan fingerprint density at radius 1 is 1.18 bits per heavy atom. The van der Waals surface area contributed by atoms with Crippen LogP contribution in [0.25, 0.3) is 0 Å².